The van der Waals surface area contributed by atoms with Crippen molar-refractivity contribution in [3.05, 3.63) is 34.9 Å². The fraction of sp³-hybridized carbons (Fsp3) is 0.667. The van der Waals surface area contributed by atoms with Gasteiger partial charge in [-0.3, -0.25) is 4.90 Å². The van der Waals surface area contributed by atoms with Crippen LogP contribution in [0.1, 0.15) is 57.6 Å². The summed E-state index contributed by atoms with van der Waals surface area (Å²) in [6.45, 7) is 4.54. The zero-order chi connectivity index (χ0) is 15.4. The Balaban J connectivity index is 2.29. The first kappa shape index (κ1) is 16.8. The number of hydrogen-bond acceptors (Lipinski definition) is 2. The summed E-state index contributed by atoms with van der Waals surface area (Å²) in [6, 6.07) is 9.09. The SMILES string of the molecule is CCC(N)C(c1ccccc1Cl)N(C)C1CCCCC1C. The van der Waals surface area contributed by atoms with Crippen molar-refractivity contribution in [2.75, 3.05) is 7.05 Å². The molecule has 0 saturated heterocycles. The van der Waals surface area contributed by atoms with E-state index in [9.17, 15) is 0 Å². The zero-order valence-corrected chi connectivity index (χ0v) is 14.3. The van der Waals surface area contributed by atoms with Crippen LogP contribution in [0, 0.1) is 5.92 Å². The molecule has 0 bridgehead atoms. The minimum Gasteiger partial charge on any atom is -0.326 e. The summed E-state index contributed by atoms with van der Waals surface area (Å²) in [5.74, 6) is 0.734. The van der Waals surface area contributed by atoms with Gasteiger partial charge in [-0.25, -0.2) is 0 Å². The lowest BCUT2D eigenvalue weighted by Gasteiger charge is -2.43. The molecular weight excluding hydrogens is 280 g/mol. The summed E-state index contributed by atoms with van der Waals surface area (Å²) < 4.78 is 0. The smallest absolute Gasteiger partial charge is 0.0513 e. The quantitative estimate of drug-likeness (QED) is 0.859. The fourth-order valence-corrected chi connectivity index (χ4v) is 4.05. The van der Waals surface area contributed by atoms with E-state index in [2.05, 4.69) is 37.9 Å². The number of nitrogens with two attached hydrogens (primary N) is 1. The predicted molar refractivity (Wildman–Crippen MR) is 91.6 cm³/mol. The molecule has 1 aliphatic rings. The first-order chi connectivity index (χ1) is 10.1. The van der Waals surface area contributed by atoms with E-state index in [0.29, 0.717) is 6.04 Å². The van der Waals surface area contributed by atoms with E-state index in [1.165, 1.54) is 31.2 Å². The zero-order valence-electron chi connectivity index (χ0n) is 13.6. The third kappa shape index (κ3) is 3.80. The van der Waals surface area contributed by atoms with E-state index in [1.54, 1.807) is 0 Å². The van der Waals surface area contributed by atoms with Crippen LogP contribution in [-0.2, 0) is 0 Å². The highest BCUT2D eigenvalue weighted by Gasteiger charge is 2.33. The van der Waals surface area contributed by atoms with Gasteiger partial charge in [-0.2, -0.15) is 0 Å². The summed E-state index contributed by atoms with van der Waals surface area (Å²) in [5, 5.41) is 0.835. The lowest BCUT2D eigenvalue weighted by atomic mass is 9.83. The van der Waals surface area contributed by atoms with E-state index in [0.717, 1.165) is 17.4 Å². The van der Waals surface area contributed by atoms with Gasteiger partial charge < -0.3 is 5.73 Å². The fourth-order valence-electron chi connectivity index (χ4n) is 3.80. The molecule has 3 heteroatoms. The van der Waals surface area contributed by atoms with Crippen LogP contribution in [0.2, 0.25) is 5.02 Å². The molecule has 0 radical (unpaired) electrons. The molecule has 1 saturated carbocycles. The molecule has 0 aromatic heterocycles. The van der Waals surface area contributed by atoms with Gasteiger partial charge in [0.15, 0.2) is 0 Å². The van der Waals surface area contributed by atoms with Gasteiger partial charge in [0.25, 0.3) is 0 Å². The highest BCUT2D eigenvalue weighted by atomic mass is 35.5. The molecule has 2 N–H and O–H groups in total. The summed E-state index contributed by atoms with van der Waals surface area (Å²) in [5.41, 5.74) is 7.65. The minimum atomic E-state index is 0.115. The molecule has 118 valence electrons. The van der Waals surface area contributed by atoms with Crippen LogP contribution in [0.5, 0.6) is 0 Å². The molecule has 0 amide bonds. The number of nitrogens with zero attached hydrogens (tertiary/aromatic N) is 1. The van der Waals surface area contributed by atoms with E-state index >= 15 is 0 Å². The van der Waals surface area contributed by atoms with Crippen molar-refractivity contribution < 1.29 is 0 Å². The number of hydrogen-bond donors (Lipinski definition) is 1. The van der Waals surface area contributed by atoms with Gasteiger partial charge in [-0.1, -0.05) is 56.5 Å². The average molecular weight is 309 g/mol. The Kier molecular flexibility index (Phi) is 6.09. The predicted octanol–water partition coefficient (Wildman–Crippen LogP) is 4.63. The normalized spacial score (nSPS) is 25.8. The van der Waals surface area contributed by atoms with Gasteiger partial charge in [0.05, 0.1) is 6.04 Å². The second-order valence-corrected chi connectivity index (χ2v) is 6.94. The minimum absolute atomic E-state index is 0.115. The molecule has 2 rings (SSSR count). The van der Waals surface area contributed by atoms with Crippen molar-refractivity contribution >= 4 is 11.6 Å². The van der Waals surface area contributed by atoms with Crippen molar-refractivity contribution in [1.82, 2.24) is 4.90 Å². The molecule has 4 unspecified atom stereocenters. The number of likely N-dealkylation sites (N-methyl/N-ethyl adjacent to an activating group) is 1. The van der Waals surface area contributed by atoms with Crippen LogP contribution in [-0.4, -0.2) is 24.0 Å². The number of rotatable bonds is 5. The molecule has 2 nitrogen and oxygen atoms in total. The third-order valence-electron chi connectivity index (χ3n) is 5.13. The van der Waals surface area contributed by atoms with Crippen molar-refractivity contribution in [3.63, 3.8) is 0 Å². The third-order valence-corrected chi connectivity index (χ3v) is 5.47. The Labute approximate surface area is 134 Å². The summed E-state index contributed by atoms with van der Waals surface area (Å²) >= 11 is 6.46. The molecular formula is C18H29ClN2. The van der Waals surface area contributed by atoms with Gasteiger partial charge in [-0.15, -0.1) is 0 Å². The van der Waals surface area contributed by atoms with E-state index in [-0.39, 0.29) is 12.1 Å². The summed E-state index contributed by atoms with van der Waals surface area (Å²) in [7, 11) is 2.23. The first-order valence-corrected chi connectivity index (χ1v) is 8.66. The molecule has 0 spiro atoms. The number of benzene rings is 1. The van der Waals surface area contributed by atoms with Crippen molar-refractivity contribution in [3.8, 4) is 0 Å². The lowest BCUT2D eigenvalue weighted by Crippen LogP contribution is -2.47. The van der Waals surface area contributed by atoms with Gasteiger partial charge >= 0.3 is 0 Å². The van der Waals surface area contributed by atoms with E-state index in [1.807, 2.05) is 12.1 Å². The molecule has 4 atom stereocenters. The number of halogens is 1. The van der Waals surface area contributed by atoms with Gasteiger partial charge in [0.1, 0.15) is 0 Å². The Morgan fingerprint density at radius 1 is 1.29 bits per heavy atom. The first-order valence-electron chi connectivity index (χ1n) is 8.28. The Morgan fingerprint density at radius 2 is 1.95 bits per heavy atom. The second kappa shape index (κ2) is 7.62. The second-order valence-electron chi connectivity index (χ2n) is 6.53. The maximum atomic E-state index is 6.47. The van der Waals surface area contributed by atoms with Gasteiger partial charge in [0, 0.05) is 17.1 Å². The molecule has 0 aliphatic heterocycles. The highest BCUT2D eigenvalue weighted by Crippen LogP contribution is 2.36. The molecule has 1 aromatic rings. The molecule has 1 fully saturated rings. The van der Waals surface area contributed by atoms with Crippen LogP contribution in [0.3, 0.4) is 0 Å². The summed E-state index contributed by atoms with van der Waals surface area (Å²) in [6.07, 6.45) is 6.25. The standard InChI is InChI=1S/C18H29ClN2/c1-4-16(20)18(14-10-6-7-11-15(14)19)21(3)17-12-8-5-9-13(17)2/h6-7,10-11,13,16-18H,4-5,8-9,12,20H2,1-3H3. The van der Waals surface area contributed by atoms with Gasteiger partial charge in [-0.05, 0) is 43.9 Å². The topological polar surface area (TPSA) is 29.3 Å². The monoisotopic (exact) mass is 308 g/mol. The maximum Gasteiger partial charge on any atom is 0.0513 e. The molecule has 1 aliphatic carbocycles. The van der Waals surface area contributed by atoms with Crippen molar-refractivity contribution in [1.29, 1.82) is 0 Å². The van der Waals surface area contributed by atoms with Crippen LogP contribution in [0.4, 0.5) is 0 Å². The Hall–Kier alpha value is -0.570. The van der Waals surface area contributed by atoms with E-state index < -0.39 is 0 Å². The van der Waals surface area contributed by atoms with Crippen LogP contribution in [0.15, 0.2) is 24.3 Å². The average Bonchev–Trinajstić information content (AvgIpc) is 2.49. The highest BCUT2D eigenvalue weighted by molar-refractivity contribution is 6.31. The van der Waals surface area contributed by atoms with E-state index in [4.69, 9.17) is 17.3 Å². The Bertz CT molecular complexity index is 449. The summed E-state index contributed by atoms with van der Waals surface area (Å²) in [4.78, 5) is 2.50. The van der Waals surface area contributed by atoms with Crippen molar-refractivity contribution in [2.45, 2.75) is 64.1 Å². The molecule has 1 aromatic carbocycles. The maximum absolute atomic E-state index is 6.47. The van der Waals surface area contributed by atoms with Crippen LogP contribution >= 0.6 is 11.6 Å². The largest absolute Gasteiger partial charge is 0.326 e. The van der Waals surface area contributed by atoms with Crippen LogP contribution in [0.25, 0.3) is 0 Å². The van der Waals surface area contributed by atoms with Gasteiger partial charge in [0.2, 0.25) is 0 Å². The molecule has 0 heterocycles. The lowest BCUT2D eigenvalue weighted by molar-refractivity contribution is 0.0824. The van der Waals surface area contributed by atoms with Crippen LogP contribution < -0.4 is 5.73 Å². The Morgan fingerprint density at radius 3 is 2.57 bits per heavy atom. The molecule has 21 heavy (non-hydrogen) atoms. The van der Waals surface area contributed by atoms with Crippen molar-refractivity contribution in [2.24, 2.45) is 11.7 Å².